The highest BCUT2D eigenvalue weighted by Gasteiger charge is 2.24. The fraction of sp³-hybridized carbons (Fsp3) is 1.00. The molecular formula is C8H17NO2. The van der Waals surface area contributed by atoms with Crippen LogP contribution in [0.4, 0.5) is 0 Å². The molecule has 1 fully saturated rings. The molecule has 0 aliphatic carbocycles. The summed E-state index contributed by atoms with van der Waals surface area (Å²) in [6, 6.07) is 0. The summed E-state index contributed by atoms with van der Waals surface area (Å²) >= 11 is 0. The zero-order valence-electron chi connectivity index (χ0n) is 7.12. The third-order valence-corrected chi connectivity index (χ3v) is 2.07. The summed E-state index contributed by atoms with van der Waals surface area (Å²) in [5, 5.41) is 8.43. The Hall–Kier alpha value is -0.120. The first-order valence-electron chi connectivity index (χ1n) is 4.27. The quantitative estimate of drug-likeness (QED) is 0.571. The largest absolute Gasteiger partial charge is 0.394 e. The predicted molar refractivity (Wildman–Crippen MR) is 43.5 cm³/mol. The first-order chi connectivity index (χ1) is 5.36. The van der Waals surface area contributed by atoms with Crippen LogP contribution >= 0.6 is 0 Å². The number of hydrogen-bond donors (Lipinski definition) is 1. The molecule has 3 heteroatoms. The minimum absolute atomic E-state index is 0.143. The number of likely N-dealkylation sites (tertiary alicyclic amines) is 1. The van der Waals surface area contributed by atoms with Crippen molar-refractivity contribution in [3.63, 3.8) is 0 Å². The van der Waals surface area contributed by atoms with Crippen molar-refractivity contribution < 1.29 is 9.84 Å². The first kappa shape index (κ1) is 8.97. The Labute approximate surface area is 68.0 Å². The molecule has 1 aliphatic heterocycles. The monoisotopic (exact) mass is 159 g/mol. The van der Waals surface area contributed by atoms with E-state index in [4.69, 9.17) is 9.84 Å². The van der Waals surface area contributed by atoms with E-state index in [1.165, 1.54) is 13.1 Å². The fourth-order valence-corrected chi connectivity index (χ4v) is 1.35. The van der Waals surface area contributed by atoms with Crippen molar-refractivity contribution in [3.8, 4) is 0 Å². The predicted octanol–water partition coefficient (Wildman–Crippen LogP) is -0.0530. The molecule has 11 heavy (non-hydrogen) atoms. The van der Waals surface area contributed by atoms with Crippen LogP contribution in [-0.4, -0.2) is 49.5 Å². The van der Waals surface area contributed by atoms with Gasteiger partial charge in [0.05, 0.1) is 19.8 Å². The maximum Gasteiger partial charge on any atom is 0.0697 e. The molecule has 66 valence electrons. The molecule has 1 aliphatic rings. The summed E-state index contributed by atoms with van der Waals surface area (Å²) in [5.74, 6) is 0.710. The molecule has 0 saturated carbocycles. The smallest absolute Gasteiger partial charge is 0.0697 e. The average Bonchev–Trinajstić information content (AvgIpc) is 1.94. The van der Waals surface area contributed by atoms with Crippen molar-refractivity contribution in [1.29, 1.82) is 0 Å². The van der Waals surface area contributed by atoms with Gasteiger partial charge in [0.15, 0.2) is 0 Å². The number of aliphatic hydroxyl groups is 1. The van der Waals surface area contributed by atoms with Crippen LogP contribution in [0.25, 0.3) is 0 Å². The minimum atomic E-state index is 0.143. The van der Waals surface area contributed by atoms with E-state index in [2.05, 4.69) is 11.8 Å². The van der Waals surface area contributed by atoms with Crippen molar-refractivity contribution >= 4 is 0 Å². The van der Waals surface area contributed by atoms with Crippen LogP contribution in [0.5, 0.6) is 0 Å². The van der Waals surface area contributed by atoms with Gasteiger partial charge in [-0.1, -0.05) is 6.92 Å². The van der Waals surface area contributed by atoms with Gasteiger partial charge in [-0.05, 0) is 6.54 Å². The third kappa shape index (κ3) is 2.77. The van der Waals surface area contributed by atoms with E-state index in [0.717, 1.165) is 13.2 Å². The molecule has 1 N–H and O–H groups in total. The molecule has 1 rings (SSSR count). The van der Waals surface area contributed by atoms with Crippen molar-refractivity contribution in [2.24, 2.45) is 5.92 Å². The molecule has 0 unspecified atom stereocenters. The van der Waals surface area contributed by atoms with E-state index in [1.54, 1.807) is 0 Å². The summed E-state index contributed by atoms with van der Waals surface area (Å²) in [5.41, 5.74) is 0. The van der Waals surface area contributed by atoms with Gasteiger partial charge < -0.3 is 14.7 Å². The molecule has 0 aromatic heterocycles. The Morgan fingerprint density at radius 3 is 2.82 bits per heavy atom. The van der Waals surface area contributed by atoms with Gasteiger partial charge in [-0.3, -0.25) is 0 Å². The Morgan fingerprint density at radius 2 is 2.27 bits per heavy atom. The number of nitrogens with zero attached hydrogens (tertiary/aromatic N) is 1. The first-order valence-corrected chi connectivity index (χ1v) is 4.27. The van der Waals surface area contributed by atoms with E-state index < -0.39 is 0 Å². The molecule has 3 nitrogen and oxygen atoms in total. The van der Waals surface area contributed by atoms with Gasteiger partial charge in [0.2, 0.25) is 0 Å². The molecule has 0 aromatic rings. The van der Waals surface area contributed by atoms with Gasteiger partial charge in [-0.2, -0.15) is 0 Å². The van der Waals surface area contributed by atoms with Gasteiger partial charge in [-0.15, -0.1) is 0 Å². The molecule has 0 bridgehead atoms. The molecule has 0 spiro atoms. The van der Waals surface area contributed by atoms with E-state index >= 15 is 0 Å². The summed E-state index contributed by atoms with van der Waals surface area (Å²) in [6.45, 7) is 7.11. The lowest BCUT2D eigenvalue weighted by Gasteiger charge is -2.38. The molecule has 0 amide bonds. The lowest BCUT2D eigenvalue weighted by molar-refractivity contribution is 0.00624. The number of hydrogen-bond acceptors (Lipinski definition) is 3. The Bertz CT molecular complexity index is 102. The number of ether oxygens (including phenoxy) is 1. The number of aliphatic hydroxyl groups excluding tert-OH is 1. The second kappa shape index (κ2) is 4.70. The number of rotatable bonds is 5. The lowest BCUT2D eigenvalue weighted by atomic mass is 10.0. The van der Waals surface area contributed by atoms with E-state index in [-0.39, 0.29) is 6.61 Å². The summed E-state index contributed by atoms with van der Waals surface area (Å²) in [7, 11) is 0. The molecule has 0 radical (unpaired) electrons. The van der Waals surface area contributed by atoms with Crippen molar-refractivity contribution in [2.45, 2.75) is 6.92 Å². The second-order valence-electron chi connectivity index (χ2n) is 3.02. The molecule has 0 aromatic carbocycles. The van der Waals surface area contributed by atoms with Crippen molar-refractivity contribution in [3.05, 3.63) is 0 Å². The van der Waals surface area contributed by atoms with Crippen LogP contribution in [0.3, 0.4) is 0 Å². The standard InChI is InChI=1S/C8H17NO2/c1-2-9-5-8(6-9)7-11-4-3-10/h8,10H,2-7H2,1H3. The summed E-state index contributed by atoms with van der Waals surface area (Å²) in [6.07, 6.45) is 0. The van der Waals surface area contributed by atoms with E-state index in [9.17, 15) is 0 Å². The third-order valence-electron chi connectivity index (χ3n) is 2.07. The SMILES string of the molecule is CCN1CC(COCCO)C1. The molecule has 1 heterocycles. The lowest BCUT2D eigenvalue weighted by Crippen LogP contribution is -2.48. The summed E-state index contributed by atoms with van der Waals surface area (Å²) < 4.78 is 5.20. The molecule has 1 saturated heterocycles. The van der Waals surface area contributed by atoms with Crippen LogP contribution in [-0.2, 0) is 4.74 Å². The Morgan fingerprint density at radius 1 is 1.55 bits per heavy atom. The van der Waals surface area contributed by atoms with E-state index in [0.29, 0.717) is 12.5 Å². The summed E-state index contributed by atoms with van der Waals surface area (Å²) in [4.78, 5) is 2.38. The highest BCUT2D eigenvalue weighted by Crippen LogP contribution is 2.14. The van der Waals surface area contributed by atoms with Crippen LogP contribution in [0.15, 0.2) is 0 Å². The maximum absolute atomic E-state index is 8.43. The van der Waals surface area contributed by atoms with Crippen molar-refractivity contribution in [2.75, 3.05) is 39.5 Å². The van der Waals surface area contributed by atoms with Crippen molar-refractivity contribution in [1.82, 2.24) is 4.90 Å². The topological polar surface area (TPSA) is 32.7 Å². The highest BCUT2D eigenvalue weighted by molar-refractivity contribution is 4.77. The van der Waals surface area contributed by atoms with Gasteiger partial charge in [0.1, 0.15) is 0 Å². The van der Waals surface area contributed by atoms with Crippen LogP contribution in [0.2, 0.25) is 0 Å². The highest BCUT2D eigenvalue weighted by atomic mass is 16.5. The van der Waals surface area contributed by atoms with Gasteiger partial charge in [-0.25, -0.2) is 0 Å². The average molecular weight is 159 g/mol. The minimum Gasteiger partial charge on any atom is -0.394 e. The van der Waals surface area contributed by atoms with Gasteiger partial charge in [0, 0.05) is 19.0 Å². The van der Waals surface area contributed by atoms with Crippen LogP contribution < -0.4 is 0 Å². The van der Waals surface area contributed by atoms with Crippen LogP contribution in [0, 0.1) is 5.92 Å². The Balaban J connectivity index is 1.88. The van der Waals surface area contributed by atoms with Gasteiger partial charge >= 0.3 is 0 Å². The normalized spacial score (nSPS) is 20.2. The molecular weight excluding hydrogens is 142 g/mol. The Kier molecular flexibility index (Phi) is 3.83. The van der Waals surface area contributed by atoms with Gasteiger partial charge in [0.25, 0.3) is 0 Å². The zero-order valence-corrected chi connectivity index (χ0v) is 7.12. The van der Waals surface area contributed by atoms with Crippen LogP contribution in [0.1, 0.15) is 6.92 Å². The zero-order chi connectivity index (χ0) is 8.10. The second-order valence-corrected chi connectivity index (χ2v) is 3.02. The molecule has 0 atom stereocenters. The maximum atomic E-state index is 8.43. The fourth-order valence-electron chi connectivity index (χ4n) is 1.35. The van der Waals surface area contributed by atoms with E-state index in [1.807, 2.05) is 0 Å².